The maximum Gasteiger partial charge on any atom is 0.311 e. The van der Waals surface area contributed by atoms with E-state index >= 15 is 0 Å². The van der Waals surface area contributed by atoms with Crippen molar-refractivity contribution in [1.29, 1.82) is 0 Å². The summed E-state index contributed by atoms with van der Waals surface area (Å²) < 4.78 is 55.1. The van der Waals surface area contributed by atoms with Gasteiger partial charge in [-0.1, -0.05) is 0 Å². The topological polar surface area (TPSA) is 52.4 Å². The van der Waals surface area contributed by atoms with E-state index in [0.717, 1.165) is 12.1 Å². The molecule has 0 radical (unpaired) electrons. The quantitative estimate of drug-likeness (QED) is 0.479. The van der Waals surface area contributed by atoms with Crippen LogP contribution in [0.3, 0.4) is 0 Å². The predicted molar refractivity (Wildman–Crippen MR) is 56.7 cm³/mol. The van der Waals surface area contributed by atoms with Gasteiger partial charge in [-0.3, -0.25) is 10.1 Å². The molecule has 1 aromatic rings. The average Bonchev–Trinajstić information content (AvgIpc) is 2.26. The Balaban J connectivity index is 2.18. The highest BCUT2D eigenvalue weighted by atomic mass is 19.3. The first-order valence-electron chi connectivity index (χ1n) is 5.39. The van der Waals surface area contributed by atoms with E-state index < -0.39 is 47.5 Å². The van der Waals surface area contributed by atoms with Gasteiger partial charge in [-0.2, -0.15) is 0 Å². The highest BCUT2D eigenvalue weighted by Gasteiger charge is 2.47. The molecule has 19 heavy (non-hydrogen) atoms. The largest absolute Gasteiger partial charge is 0.483 e. The minimum Gasteiger partial charge on any atom is -0.483 e. The highest BCUT2D eigenvalue weighted by molar-refractivity contribution is 5.49. The molecule has 1 aliphatic carbocycles. The van der Waals surface area contributed by atoms with Gasteiger partial charge in [0.25, 0.3) is 12.3 Å². The maximum atomic E-state index is 12.6. The van der Waals surface area contributed by atoms with Gasteiger partial charge in [0.15, 0.2) is 5.75 Å². The molecule has 0 N–H and O–H groups in total. The van der Waals surface area contributed by atoms with Gasteiger partial charge in [0.1, 0.15) is 6.10 Å². The Hall–Kier alpha value is -1.86. The van der Waals surface area contributed by atoms with Crippen molar-refractivity contribution in [3.8, 4) is 5.75 Å². The fourth-order valence-corrected chi connectivity index (χ4v) is 1.78. The first kappa shape index (κ1) is 13.6. The fourth-order valence-electron chi connectivity index (χ4n) is 1.78. The highest BCUT2D eigenvalue weighted by Crippen LogP contribution is 2.41. The lowest BCUT2D eigenvalue weighted by Crippen LogP contribution is -2.43. The molecule has 104 valence electrons. The van der Waals surface area contributed by atoms with Crippen molar-refractivity contribution in [2.75, 3.05) is 0 Å². The van der Waals surface area contributed by atoms with E-state index in [1.807, 2.05) is 0 Å². The second-order valence-electron chi connectivity index (χ2n) is 4.29. The number of hydrogen-bond acceptors (Lipinski definition) is 3. The zero-order valence-electron chi connectivity index (χ0n) is 9.48. The van der Waals surface area contributed by atoms with Crippen LogP contribution in [0.2, 0.25) is 0 Å². The Bertz CT molecular complexity index is 499. The molecule has 0 bridgehead atoms. The molecule has 0 atom stereocenters. The average molecular weight is 279 g/mol. The summed E-state index contributed by atoms with van der Waals surface area (Å²) in [4.78, 5) is 9.87. The van der Waals surface area contributed by atoms with Crippen molar-refractivity contribution in [1.82, 2.24) is 0 Å². The molecule has 0 unspecified atom stereocenters. The van der Waals surface area contributed by atoms with E-state index in [1.165, 1.54) is 0 Å². The third kappa shape index (κ3) is 2.94. The smallest absolute Gasteiger partial charge is 0.311 e. The minimum absolute atomic E-state index is 0.269. The van der Waals surface area contributed by atoms with Crippen LogP contribution in [0.25, 0.3) is 0 Å². The molecule has 0 spiro atoms. The van der Waals surface area contributed by atoms with E-state index in [0.29, 0.717) is 6.07 Å². The second-order valence-corrected chi connectivity index (χ2v) is 4.29. The number of hydrogen-bond donors (Lipinski definition) is 0. The first-order chi connectivity index (χ1) is 8.78. The molecule has 0 heterocycles. The molecule has 0 aromatic heterocycles. The standard InChI is InChI=1S/C11H9F4NO3/c12-10(13)6-1-2-9(8(3-6)16(17)18)19-7-4-11(14,15)5-7/h1-3,7,10H,4-5H2. The van der Waals surface area contributed by atoms with Gasteiger partial charge < -0.3 is 4.74 Å². The van der Waals surface area contributed by atoms with E-state index in [1.54, 1.807) is 0 Å². The zero-order chi connectivity index (χ0) is 14.2. The number of nitro groups is 1. The molecule has 0 saturated heterocycles. The Morgan fingerprint density at radius 3 is 2.47 bits per heavy atom. The van der Waals surface area contributed by atoms with Gasteiger partial charge in [-0.25, -0.2) is 17.6 Å². The van der Waals surface area contributed by atoms with Crippen LogP contribution in [0.1, 0.15) is 24.8 Å². The summed E-state index contributed by atoms with van der Waals surface area (Å²) in [6.45, 7) is 0. The summed E-state index contributed by atoms with van der Waals surface area (Å²) in [6, 6.07) is 2.68. The molecule has 1 aliphatic rings. The summed E-state index contributed by atoms with van der Waals surface area (Å²) >= 11 is 0. The molecule has 0 amide bonds. The molecule has 1 saturated carbocycles. The second kappa shape index (κ2) is 4.67. The normalized spacial score (nSPS) is 18.2. The molecule has 8 heteroatoms. The van der Waals surface area contributed by atoms with Crippen LogP contribution >= 0.6 is 0 Å². The number of rotatable bonds is 4. The van der Waals surface area contributed by atoms with Crippen molar-refractivity contribution >= 4 is 5.69 Å². The van der Waals surface area contributed by atoms with Gasteiger partial charge in [0.05, 0.1) is 4.92 Å². The summed E-state index contributed by atoms with van der Waals surface area (Å²) in [7, 11) is 0. The zero-order valence-corrected chi connectivity index (χ0v) is 9.48. The van der Waals surface area contributed by atoms with Crippen LogP contribution in [-0.4, -0.2) is 16.9 Å². The number of halogens is 4. The van der Waals surface area contributed by atoms with Crippen LogP contribution < -0.4 is 4.74 Å². The van der Waals surface area contributed by atoms with Crippen molar-refractivity contribution in [2.24, 2.45) is 0 Å². The summed E-state index contributed by atoms with van der Waals surface area (Å²) in [5, 5.41) is 10.7. The Kier molecular flexibility index (Phi) is 3.34. The van der Waals surface area contributed by atoms with Crippen LogP contribution in [0.4, 0.5) is 23.2 Å². The summed E-state index contributed by atoms with van der Waals surface area (Å²) in [5.74, 6) is -3.09. The summed E-state index contributed by atoms with van der Waals surface area (Å²) in [5.41, 5.74) is -1.16. The van der Waals surface area contributed by atoms with Gasteiger partial charge in [0, 0.05) is 24.5 Å². The van der Waals surface area contributed by atoms with Crippen molar-refractivity contribution < 1.29 is 27.2 Å². The molecule has 4 nitrogen and oxygen atoms in total. The van der Waals surface area contributed by atoms with Gasteiger partial charge in [-0.15, -0.1) is 0 Å². The number of nitro benzene ring substituents is 1. The SMILES string of the molecule is O=[N+]([O-])c1cc(C(F)F)ccc1OC1CC(F)(F)C1. The van der Waals surface area contributed by atoms with Gasteiger partial charge in [-0.05, 0) is 12.1 Å². The number of nitrogens with zero attached hydrogens (tertiary/aromatic N) is 1. The van der Waals surface area contributed by atoms with E-state index in [2.05, 4.69) is 0 Å². The van der Waals surface area contributed by atoms with Crippen molar-refractivity contribution in [2.45, 2.75) is 31.3 Å². The molecule has 1 aromatic carbocycles. The van der Waals surface area contributed by atoms with Crippen LogP contribution in [0.5, 0.6) is 5.75 Å². The van der Waals surface area contributed by atoms with E-state index in [4.69, 9.17) is 4.74 Å². The maximum absolute atomic E-state index is 12.6. The van der Waals surface area contributed by atoms with Crippen molar-refractivity contribution in [3.63, 3.8) is 0 Å². The van der Waals surface area contributed by atoms with E-state index in [-0.39, 0.29) is 5.75 Å². The Labute approximate surface area is 105 Å². The molecular formula is C11H9F4NO3. The lowest BCUT2D eigenvalue weighted by molar-refractivity contribution is -0.386. The molecule has 0 aliphatic heterocycles. The number of benzene rings is 1. The monoisotopic (exact) mass is 279 g/mol. The van der Waals surface area contributed by atoms with Gasteiger partial charge >= 0.3 is 5.69 Å². The van der Waals surface area contributed by atoms with E-state index in [9.17, 15) is 27.7 Å². The summed E-state index contributed by atoms with van der Waals surface area (Å²) in [6.07, 6.45) is -4.73. The number of ether oxygens (including phenoxy) is 1. The lowest BCUT2D eigenvalue weighted by atomic mass is 9.91. The molecule has 2 rings (SSSR count). The fraction of sp³-hybridized carbons (Fsp3) is 0.455. The van der Waals surface area contributed by atoms with Gasteiger partial charge in [0.2, 0.25) is 0 Å². The third-order valence-electron chi connectivity index (χ3n) is 2.78. The lowest BCUT2D eigenvalue weighted by Gasteiger charge is -2.34. The van der Waals surface area contributed by atoms with Crippen LogP contribution in [0.15, 0.2) is 18.2 Å². The number of alkyl halides is 4. The molecular weight excluding hydrogens is 270 g/mol. The first-order valence-corrected chi connectivity index (χ1v) is 5.39. The van der Waals surface area contributed by atoms with Crippen LogP contribution in [-0.2, 0) is 0 Å². The molecule has 1 fully saturated rings. The van der Waals surface area contributed by atoms with Crippen LogP contribution in [0, 0.1) is 10.1 Å². The predicted octanol–water partition coefficient (Wildman–Crippen LogP) is 3.71. The van der Waals surface area contributed by atoms with Crippen molar-refractivity contribution in [3.05, 3.63) is 33.9 Å². The Morgan fingerprint density at radius 1 is 1.37 bits per heavy atom. The Morgan fingerprint density at radius 2 is 2.00 bits per heavy atom. The third-order valence-corrected chi connectivity index (χ3v) is 2.78. The minimum atomic E-state index is -2.85.